The van der Waals surface area contributed by atoms with Crippen molar-refractivity contribution in [2.24, 2.45) is 17.4 Å². The Morgan fingerprint density at radius 3 is 1.72 bits per heavy atom. The predicted molar refractivity (Wildman–Crippen MR) is 51.7 cm³/mol. The van der Waals surface area contributed by atoms with Crippen LogP contribution in [0, 0.1) is 5.92 Å². The van der Waals surface area contributed by atoms with E-state index in [1.54, 1.807) is 0 Å². The van der Waals surface area contributed by atoms with Crippen LogP contribution >= 0.6 is 0 Å². The Morgan fingerprint density at radius 1 is 1.06 bits per heavy atom. The number of carbonyl (C=O) groups is 5. The zero-order valence-electron chi connectivity index (χ0n) is 8.82. The maximum Gasteiger partial charge on any atom is 0.373 e. The highest BCUT2D eigenvalue weighted by molar-refractivity contribution is 6.38. The number of hydrogen-bond donors (Lipinski definition) is 5. The minimum Gasteiger partial charge on any atom is -0.479 e. The molecule has 0 rings (SSSR count). The number of carbonyl (C=O) groups excluding carboxylic acids is 3. The van der Waals surface area contributed by atoms with Crippen molar-refractivity contribution in [3.63, 3.8) is 0 Å². The van der Waals surface area contributed by atoms with E-state index in [-0.39, 0.29) is 0 Å². The number of rotatable bonds is 7. The Morgan fingerprint density at radius 2 is 1.50 bits per heavy atom. The Kier molecular flexibility index (Phi) is 4.50. The average molecular weight is 262 g/mol. The number of nitrogens with two attached hydrogens (primary N) is 2. The molecule has 0 heterocycles. The van der Waals surface area contributed by atoms with Gasteiger partial charge in [-0.15, -0.1) is 0 Å². The summed E-state index contributed by atoms with van der Waals surface area (Å²) >= 11 is 0. The Labute approximate surface area is 99.2 Å². The first-order chi connectivity index (χ1) is 8.04. The van der Waals surface area contributed by atoms with Gasteiger partial charge in [0.2, 0.25) is 11.8 Å². The van der Waals surface area contributed by atoms with Crippen LogP contribution < -0.4 is 11.5 Å². The average Bonchev–Trinajstić information content (AvgIpc) is 2.14. The minimum atomic E-state index is -3.30. The Bertz CT molecular complexity index is 431. The van der Waals surface area contributed by atoms with Gasteiger partial charge in [0, 0.05) is 0 Å². The molecule has 0 aromatic heterocycles. The van der Waals surface area contributed by atoms with E-state index in [1.807, 2.05) is 0 Å². The number of carboxylic acids is 2. The molecule has 0 bridgehead atoms. The van der Waals surface area contributed by atoms with Crippen molar-refractivity contribution in [2.75, 3.05) is 0 Å². The molecule has 10 heteroatoms. The van der Waals surface area contributed by atoms with Crippen LogP contribution in [0.25, 0.3) is 0 Å². The molecule has 2 atom stereocenters. The summed E-state index contributed by atoms with van der Waals surface area (Å²) in [4.78, 5) is 54.0. The first kappa shape index (κ1) is 15.5. The SMILES string of the molecule is NC(=O)C[C@](O)(C(=O)O)[C@@H](C(N)=O)C(=O)C(=O)O. The molecule has 0 aromatic rings. The number of amides is 2. The lowest BCUT2D eigenvalue weighted by Gasteiger charge is -2.26. The summed E-state index contributed by atoms with van der Waals surface area (Å²) in [5.74, 6) is -12.0. The van der Waals surface area contributed by atoms with Crippen molar-refractivity contribution < 1.29 is 39.3 Å². The summed E-state index contributed by atoms with van der Waals surface area (Å²) in [6.45, 7) is 0. The van der Waals surface area contributed by atoms with Gasteiger partial charge in [-0.3, -0.25) is 14.4 Å². The van der Waals surface area contributed by atoms with Crippen LogP contribution in [-0.2, 0) is 24.0 Å². The third-order valence-electron chi connectivity index (χ3n) is 2.05. The first-order valence-electron chi connectivity index (χ1n) is 4.34. The van der Waals surface area contributed by atoms with Gasteiger partial charge in [0.25, 0.3) is 5.78 Å². The molecule has 0 radical (unpaired) electrons. The van der Waals surface area contributed by atoms with Crippen molar-refractivity contribution in [3.8, 4) is 0 Å². The van der Waals surface area contributed by atoms with Crippen LogP contribution in [0.2, 0.25) is 0 Å². The largest absolute Gasteiger partial charge is 0.479 e. The quantitative estimate of drug-likeness (QED) is 0.229. The van der Waals surface area contributed by atoms with Crippen LogP contribution in [0.3, 0.4) is 0 Å². The maximum atomic E-state index is 11.1. The third kappa shape index (κ3) is 3.01. The molecule has 0 fully saturated rings. The fourth-order valence-corrected chi connectivity index (χ4v) is 1.27. The Hall–Kier alpha value is -2.49. The number of hydrogen-bond acceptors (Lipinski definition) is 6. The molecule has 0 aliphatic rings. The fraction of sp³-hybridized carbons (Fsp3) is 0.375. The van der Waals surface area contributed by atoms with Gasteiger partial charge in [0.1, 0.15) is 5.92 Å². The van der Waals surface area contributed by atoms with E-state index in [4.69, 9.17) is 10.2 Å². The lowest BCUT2D eigenvalue weighted by molar-refractivity contribution is -0.175. The molecule has 0 aliphatic carbocycles. The molecule has 0 saturated carbocycles. The van der Waals surface area contributed by atoms with Crippen molar-refractivity contribution in [1.29, 1.82) is 0 Å². The van der Waals surface area contributed by atoms with Crippen molar-refractivity contribution in [1.82, 2.24) is 0 Å². The molecular weight excluding hydrogens is 252 g/mol. The second-order valence-electron chi connectivity index (χ2n) is 3.38. The van der Waals surface area contributed by atoms with E-state index in [1.165, 1.54) is 0 Å². The molecule has 0 spiro atoms. The summed E-state index contributed by atoms with van der Waals surface area (Å²) in [5, 5.41) is 26.7. The summed E-state index contributed by atoms with van der Waals surface area (Å²) in [6.07, 6.45) is -1.34. The van der Waals surface area contributed by atoms with E-state index in [9.17, 15) is 29.1 Å². The zero-order chi connectivity index (χ0) is 14.7. The summed E-state index contributed by atoms with van der Waals surface area (Å²) in [6, 6.07) is 0. The van der Waals surface area contributed by atoms with Gasteiger partial charge in [-0.1, -0.05) is 0 Å². The van der Waals surface area contributed by atoms with Crippen molar-refractivity contribution >= 4 is 29.5 Å². The molecule has 10 nitrogen and oxygen atoms in total. The van der Waals surface area contributed by atoms with E-state index >= 15 is 0 Å². The van der Waals surface area contributed by atoms with E-state index in [0.29, 0.717) is 0 Å². The number of carboxylic acid groups (broad SMARTS) is 2. The molecule has 100 valence electrons. The monoisotopic (exact) mass is 262 g/mol. The highest BCUT2D eigenvalue weighted by atomic mass is 16.4. The molecular formula is C8H10N2O8. The van der Waals surface area contributed by atoms with Gasteiger partial charge in [-0.05, 0) is 0 Å². The smallest absolute Gasteiger partial charge is 0.373 e. The standard InChI is InChI=1S/C8H10N2O8/c9-2(11)1-8(18,7(16)17)3(5(10)13)4(12)6(14)15/h3,18H,1H2,(H2,9,11)(H2,10,13)(H,14,15)(H,16,17)/t3-,8-/m1/s1. The summed E-state index contributed by atoms with van der Waals surface area (Å²) in [7, 11) is 0. The van der Waals surface area contributed by atoms with E-state index in [2.05, 4.69) is 11.5 Å². The van der Waals surface area contributed by atoms with Gasteiger partial charge in [-0.2, -0.15) is 0 Å². The molecule has 18 heavy (non-hydrogen) atoms. The number of ketones is 1. The van der Waals surface area contributed by atoms with Crippen LogP contribution in [0.5, 0.6) is 0 Å². The van der Waals surface area contributed by atoms with Gasteiger partial charge < -0.3 is 26.8 Å². The van der Waals surface area contributed by atoms with E-state index < -0.39 is 47.5 Å². The topological polar surface area (TPSA) is 198 Å². The first-order valence-corrected chi connectivity index (χ1v) is 4.34. The third-order valence-corrected chi connectivity index (χ3v) is 2.05. The van der Waals surface area contributed by atoms with Gasteiger partial charge in [0.05, 0.1) is 6.42 Å². The summed E-state index contributed by atoms with van der Waals surface area (Å²) in [5.41, 5.74) is 6.04. The normalized spacial score (nSPS) is 15.2. The van der Waals surface area contributed by atoms with Gasteiger partial charge >= 0.3 is 11.9 Å². The summed E-state index contributed by atoms with van der Waals surface area (Å²) < 4.78 is 0. The molecule has 0 aliphatic heterocycles. The lowest BCUT2D eigenvalue weighted by Crippen LogP contribution is -2.57. The Balaban J connectivity index is 5.73. The predicted octanol–water partition coefficient (Wildman–Crippen LogP) is -3.57. The van der Waals surface area contributed by atoms with Gasteiger partial charge in [0.15, 0.2) is 5.60 Å². The van der Waals surface area contributed by atoms with Crippen LogP contribution in [0.4, 0.5) is 0 Å². The van der Waals surface area contributed by atoms with Crippen LogP contribution in [0.15, 0.2) is 0 Å². The van der Waals surface area contributed by atoms with Crippen molar-refractivity contribution in [3.05, 3.63) is 0 Å². The minimum absolute atomic E-state index is 1.34. The van der Waals surface area contributed by atoms with Crippen molar-refractivity contribution in [2.45, 2.75) is 12.0 Å². The second kappa shape index (κ2) is 5.23. The maximum absolute atomic E-state index is 11.1. The highest BCUT2D eigenvalue weighted by Crippen LogP contribution is 2.23. The number of aliphatic hydroxyl groups is 1. The molecule has 7 N–H and O–H groups in total. The molecule has 0 aromatic carbocycles. The fourth-order valence-electron chi connectivity index (χ4n) is 1.27. The number of aliphatic carboxylic acids is 2. The van der Waals surface area contributed by atoms with Crippen LogP contribution in [-0.4, -0.2) is 50.5 Å². The highest BCUT2D eigenvalue weighted by Gasteiger charge is 2.54. The number of primary amides is 2. The van der Waals surface area contributed by atoms with Crippen LogP contribution in [0.1, 0.15) is 6.42 Å². The molecule has 0 saturated heterocycles. The second-order valence-corrected chi connectivity index (χ2v) is 3.38. The molecule has 0 unspecified atom stereocenters. The van der Waals surface area contributed by atoms with Gasteiger partial charge in [-0.25, -0.2) is 9.59 Å². The lowest BCUT2D eigenvalue weighted by atomic mass is 9.80. The zero-order valence-corrected chi connectivity index (χ0v) is 8.82. The number of Topliss-reactive ketones (excluding diaryl/α,β-unsaturated/α-hetero) is 1. The molecule has 2 amide bonds. The van der Waals surface area contributed by atoms with E-state index in [0.717, 1.165) is 0 Å².